The monoisotopic (exact) mass is 377 g/mol. The minimum absolute atomic E-state index is 0.143. The fourth-order valence-corrected chi connectivity index (χ4v) is 2.53. The highest BCUT2D eigenvalue weighted by Crippen LogP contribution is 2.26. The van der Waals surface area contributed by atoms with E-state index in [9.17, 15) is 9.59 Å². The first-order valence-corrected chi connectivity index (χ1v) is 7.69. The van der Waals surface area contributed by atoms with Gasteiger partial charge in [0.2, 0.25) is 0 Å². The quantitative estimate of drug-likeness (QED) is 0.830. The van der Waals surface area contributed by atoms with Crippen molar-refractivity contribution in [2.45, 2.75) is 13.8 Å². The number of hydrogen-bond donors (Lipinski definition) is 2. The van der Waals surface area contributed by atoms with E-state index in [1.165, 1.54) is 18.2 Å². The molecular formula is C17H16BrNO4. The van der Waals surface area contributed by atoms with Crippen molar-refractivity contribution in [2.24, 2.45) is 0 Å². The molecule has 0 unspecified atom stereocenters. The van der Waals surface area contributed by atoms with E-state index >= 15 is 0 Å². The lowest BCUT2D eigenvalue weighted by molar-refractivity contribution is -0.118. The number of amides is 1. The smallest absolute Gasteiger partial charge is 0.335 e. The molecule has 0 aliphatic carbocycles. The molecule has 6 heteroatoms. The van der Waals surface area contributed by atoms with Crippen molar-refractivity contribution < 1.29 is 19.4 Å². The van der Waals surface area contributed by atoms with Crippen LogP contribution in [0.3, 0.4) is 0 Å². The Labute approximate surface area is 142 Å². The highest BCUT2D eigenvalue weighted by Gasteiger charge is 2.10. The summed E-state index contributed by atoms with van der Waals surface area (Å²) >= 11 is 3.23. The standard InChI is InChI=1S/C17H16BrNO4/c1-10-3-5-14(11(2)7-10)19-16(20)9-23-15-6-4-12(17(21)22)8-13(15)18/h3-8H,9H2,1-2H3,(H,19,20)(H,21,22). The van der Waals surface area contributed by atoms with Crippen LogP contribution >= 0.6 is 15.9 Å². The third-order valence-corrected chi connectivity index (χ3v) is 3.81. The van der Waals surface area contributed by atoms with Crippen molar-refractivity contribution in [3.05, 3.63) is 57.6 Å². The Kier molecular flexibility index (Phi) is 5.39. The van der Waals surface area contributed by atoms with Crippen molar-refractivity contribution in [3.63, 3.8) is 0 Å². The number of rotatable bonds is 5. The third-order valence-electron chi connectivity index (χ3n) is 3.19. The van der Waals surface area contributed by atoms with Gasteiger partial charge in [0.15, 0.2) is 6.61 Å². The van der Waals surface area contributed by atoms with E-state index in [2.05, 4.69) is 21.2 Å². The first-order chi connectivity index (χ1) is 10.9. The van der Waals surface area contributed by atoms with Crippen LogP contribution < -0.4 is 10.1 Å². The third kappa shape index (κ3) is 4.56. The number of hydrogen-bond acceptors (Lipinski definition) is 3. The molecule has 0 radical (unpaired) electrons. The lowest BCUT2D eigenvalue weighted by Gasteiger charge is -2.11. The molecule has 0 spiro atoms. The number of ether oxygens (including phenoxy) is 1. The van der Waals surface area contributed by atoms with Gasteiger partial charge >= 0.3 is 5.97 Å². The maximum absolute atomic E-state index is 12.0. The molecule has 2 aromatic carbocycles. The number of carbonyl (C=O) groups is 2. The Morgan fingerprint density at radius 1 is 1.17 bits per heavy atom. The van der Waals surface area contributed by atoms with E-state index in [-0.39, 0.29) is 18.1 Å². The first kappa shape index (κ1) is 17.0. The van der Waals surface area contributed by atoms with Crippen molar-refractivity contribution in [1.29, 1.82) is 0 Å². The number of carbonyl (C=O) groups excluding carboxylic acids is 1. The van der Waals surface area contributed by atoms with Gasteiger partial charge in [0, 0.05) is 5.69 Å². The lowest BCUT2D eigenvalue weighted by atomic mass is 10.1. The van der Waals surface area contributed by atoms with Gasteiger partial charge in [0.25, 0.3) is 5.91 Å². The number of carboxylic acids is 1. The van der Waals surface area contributed by atoms with Crippen LogP contribution in [0.25, 0.3) is 0 Å². The van der Waals surface area contributed by atoms with Crippen LogP contribution in [0, 0.1) is 13.8 Å². The zero-order chi connectivity index (χ0) is 17.0. The second kappa shape index (κ2) is 7.28. The molecule has 2 rings (SSSR count). The summed E-state index contributed by atoms with van der Waals surface area (Å²) in [7, 11) is 0. The summed E-state index contributed by atoms with van der Waals surface area (Å²) in [5, 5.41) is 11.7. The van der Waals surface area contributed by atoms with E-state index in [4.69, 9.17) is 9.84 Å². The van der Waals surface area contributed by atoms with Crippen LogP contribution in [-0.2, 0) is 4.79 Å². The molecule has 0 aromatic heterocycles. The number of carboxylic acid groups (broad SMARTS) is 1. The van der Waals surface area contributed by atoms with Crippen molar-refractivity contribution in [3.8, 4) is 5.75 Å². The van der Waals surface area contributed by atoms with Gasteiger partial charge < -0.3 is 15.2 Å². The molecule has 0 atom stereocenters. The van der Waals surface area contributed by atoms with Crippen molar-refractivity contribution in [2.75, 3.05) is 11.9 Å². The summed E-state index contributed by atoms with van der Waals surface area (Å²) in [6.45, 7) is 3.74. The Hall–Kier alpha value is -2.34. The summed E-state index contributed by atoms with van der Waals surface area (Å²) in [6, 6.07) is 10.1. The van der Waals surface area contributed by atoms with Gasteiger partial charge in [-0.05, 0) is 59.6 Å². The number of aromatic carboxylic acids is 1. The van der Waals surface area contributed by atoms with Gasteiger partial charge in [-0.3, -0.25) is 4.79 Å². The number of halogens is 1. The van der Waals surface area contributed by atoms with E-state index in [0.29, 0.717) is 10.2 Å². The molecule has 2 aromatic rings. The predicted molar refractivity (Wildman–Crippen MR) is 91.1 cm³/mol. The normalized spacial score (nSPS) is 10.2. The molecule has 1 amide bonds. The topological polar surface area (TPSA) is 75.6 Å². The molecule has 0 bridgehead atoms. The SMILES string of the molecule is Cc1ccc(NC(=O)COc2ccc(C(=O)O)cc2Br)c(C)c1. The summed E-state index contributed by atoms with van der Waals surface area (Å²) in [5.41, 5.74) is 2.98. The van der Waals surface area contributed by atoms with Crippen LogP contribution in [0.5, 0.6) is 5.75 Å². The van der Waals surface area contributed by atoms with Crippen LogP contribution in [0.1, 0.15) is 21.5 Å². The van der Waals surface area contributed by atoms with Crippen LogP contribution in [0.2, 0.25) is 0 Å². The average Bonchev–Trinajstić information content (AvgIpc) is 2.48. The molecule has 0 saturated carbocycles. The molecule has 0 saturated heterocycles. The van der Waals surface area contributed by atoms with Gasteiger partial charge in [-0.15, -0.1) is 0 Å². The second-order valence-electron chi connectivity index (χ2n) is 5.11. The second-order valence-corrected chi connectivity index (χ2v) is 5.96. The number of benzene rings is 2. The zero-order valence-corrected chi connectivity index (χ0v) is 14.3. The summed E-state index contributed by atoms with van der Waals surface area (Å²) in [5.74, 6) is -0.901. The van der Waals surface area contributed by atoms with Gasteiger partial charge in [-0.2, -0.15) is 0 Å². The van der Waals surface area contributed by atoms with Gasteiger partial charge in [0.1, 0.15) is 5.75 Å². The van der Waals surface area contributed by atoms with Crippen LogP contribution in [-0.4, -0.2) is 23.6 Å². The van der Waals surface area contributed by atoms with E-state index in [1.807, 2.05) is 32.0 Å². The van der Waals surface area contributed by atoms with E-state index in [0.717, 1.165) is 16.8 Å². The summed E-state index contributed by atoms with van der Waals surface area (Å²) in [6.07, 6.45) is 0. The van der Waals surface area contributed by atoms with E-state index in [1.54, 1.807) is 0 Å². The van der Waals surface area contributed by atoms with E-state index < -0.39 is 5.97 Å². The Morgan fingerprint density at radius 3 is 2.52 bits per heavy atom. The van der Waals surface area contributed by atoms with Gasteiger partial charge in [-0.1, -0.05) is 17.7 Å². The molecule has 23 heavy (non-hydrogen) atoms. The maximum atomic E-state index is 12.0. The molecule has 0 fully saturated rings. The highest BCUT2D eigenvalue weighted by atomic mass is 79.9. The molecule has 0 heterocycles. The minimum atomic E-state index is -1.02. The summed E-state index contributed by atoms with van der Waals surface area (Å²) < 4.78 is 5.90. The molecule has 120 valence electrons. The zero-order valence-electron chi connectivity index (χ0n) is 12.7. The molecule has 5 nitrogen and oxygen atoms in total. The largest absolute Gasteiger partial charge is 0.483 e. The summed E-state index contributed by atoms with van der Waals surface area (Å²) in [4.78, 5) is 22.8. The lowest BCUT2D eigenvalue weighted by Crippen LogP contribution is -2.20. The Bertz CT molecular complexity index is 758. The van der Waals surface area contributed by atoms with Gasteiger partial charge in [-0.25, -0.2) is 4.79 Å². The minimum Gasteiger partial charge on any atom is -0.483 e. The maximum Gasteiger partial charge on any atom is 0.335 e. The highest BCUT2D eigenvalue weighted by molar-refractivity contribution is 9.10. The fourth-order valence-electron chi connectivity index (χ4n) is 2.03. The van der Waals surface area contributed by atoms with Gasteiger partial charge in [0.05, 0.1) is 10.0 Å². The molecule has 0 aliphatic heterocycles. The predicted octanol–water partition coefficient (Wildman–Crippen LogP) is 3.78. The number of aryl methyl sites for hydroxylation is 2. The van der Waals surface area contributed by atoms with Crippen LogP contribution in [0.15, 0.2) is 40.9 Å². The molecular weight excluding hydrogens is 362 g/mol. The van der Waals surface area contributed by atoms with Crippen molar-refractivity contribution >= 4 is 33.5 Å². The molecule has 0 aliphatic rings. The van der Waals surface area contributed by atoms with Crippen LogP contribution in [0.4, 0.5) is 5.69 Å². The Morgan fingerprint density at radius 2 is 1.91 bits per heavy atom. The van der Waals surface area contributed by atoms with Crippen molar-refractivity contribution in [1.82, 2.24) is 0 Å². The first-order valence-electron chi connectivity index (χ1n) is 6.89. The fraction of sp³-hybridized carbons (Fsp3) is 0.176. The average molecular weight is 378 g/mol. The number of anilines is 1. The Balaban J connectivity index is 1.98. The number of nitrogens with one attached hydrogen (secondary N) is 1. The molecule has 2 N–H and O–H groups in total.